The summed E-state index contributed by atoms with van der Waals surface area (Å²) in [7, 11) is 0. The van der Waals surface area contributed by atoms with E-state index < -0.39 is 0 Å². The molecule has 0 aliphatic carbocycles. The third-order valence-electron chi connectivity index (χ3n) is 4.61. The lowest BCUT2D eigenvalue weighted by atomic mass is 9.85. The van der Waals surface area contributed by atoms with Gasteiger partial charge in [-0.15, -0.1) is 0 Å². The van der Waals surface area contributed by atoms with Gasteiger partial charge in [0, 0.05) is 24.2 Å². The summed E-state index contributed by atoms with van der Waals surface area (Å²) in [5.41, 5.74) is 3.08. The first kappa shape index (κ1) is 12.8. The number of nitrogens with zero attached hydrogens (tertiary/aromatic N) is 1. The van der Waals surface area contributed by atoms with Gasteiger partial charge < -0.3 is 19.1 Å². The van der Waals surface area contributed by atoms with Crippen molar-refractivity contribution in [3.63, 3.8) is 0 Å². The highest BCUT2D eigenvalue weighted by atomic mass is 16.3. The molecule has 0 amide bonds. The van der Waals surface area contributed by atoms with Crippen molar-refractivity contribution < 1.29 is 8.83 Å². The number of nitrogens with one attached hydrogen (secondary N) is 1. The van der Waals surface area contributed by atoms with E-state index in [2.05, 4.69) is 22.9 Å². The number of rotatable bonds is 3. The van der Waals surface area contributed by atoms with Gasteiger partial charge >= 0.3 is 0 Å². The molecule has 2 unspecified atom stereocenters. The molecule has 2 aromatic rings. The van der Waals surface area contributed by atoms with Crippen LogP contribution in [0.2, 0.25) is 0 Å². The fourth-order valence-corrected chi connectivity index (χ4v) is 3.55. The molecule has 0 spiro atoms. The summed E-state index contributed by atoms with van der Waals surface area (Å²) in [4.78, 5) is 2.39. The van der Waals surface area contributed by atoms with E-state index in [1.165, 1.54) is 6.42 Å². The van der Waals surface area contributed by atoms with E-state index in [0.29, 0.717) is 0 Å². The second-order valence-electron chi connectivity index (χ2n) is 6.19. The molecule has 21 heavy (non-hydrogen) atoms. The highest BCUT2D eigenvalue weighted by molar-refractivity contribution is 5.67. The smallest absolute Gasteiger partial charge is 0.149 e. The molecule has 4 rings (SSSR count). The number of likely N-dealkylation sites (tertiary alicyclic amines) is 1. The molecule has 2 aromatic heterocycles. The lowest BCUT2D eigenvalue weighted by molar-refractivity contribution is 0.142. The van der Waals surface area contributed by atoms with Crippen molar-refractivity contribution in [1.29, 1.82) is 0 Å². The first-order valence-corrected chi connectivity index (χ1v) is 7.55. The van der Waals surface area contributed by atoms with Gasteiger partial charge in [-0.25, -0.2) is 0 Å². The zero-order chi connectivity index (χ0) is 14.2. The molecule has 4 nitrogen and oxygen atoms in total. The molecule has 2 aliphatic heterocycles. The Morgan fingerprint density at radius 1 is 1.19 bits per heavy atom. The zero-order valence-electron chi connectivity index (χ0n) is 12.0. The van der Waals surface area contributed by atoms with Gasteiger partial charge in [-0.05, 0) is 43.5 Å². The van der Waals surface area contributed by atoms with Crippen LogP contribution in [0.4, 0.5) is 0 Å². The van der Waals surface area contributed by atoms with Gasteiger partial charge in [-0.1, -0.05) is 6.58 Å². The average molecular weight is 284 g/mol. The Kier molecular flexibility index (Phi) is 3.11. The standard InChI is InChI=1S/C17H20N2O2/c1-12(19-8-13-4-14(9-19)7-18-6-13)17-5-16(11-21-17)15-2-3-20-10-15/h2-3,5,10-11,13-14,18H,1,4,6-9H2. The molecule has 0 aromatic carbocycles. The molecule has 110 valence electrons. The molecule has 2 bridgehead atoms. The Morgan fingerprint density at radius 2 is 2.00 bits per heavy atom. The third kappa shape index (κ3) is 2.40. The van der Waals surface area contributed by atoms with E-state index in [-0.39, 0.29) is 0 Å². The lowest BCUT2D eigenvalue weighted by Gasteiger charge is -2.43. The first-order chi connectivity index (χ1) is 10.3. The molecule has 4 heterocycles. The predicted octanol–water partition coefficient (Wildman–Crippen LogP) is 3.05. The molecular weight excluding hydrogens is 264 g/mol. The van der Waals surface area contributed by atoms with Crippen molar-refractivity contribution in [1.82, 2.24) is 10.2 Å². The second kappa shape index (κ2) is 5.11. The summed E-state index contributed by atoms with van der Waals surface area (Å²) in [5, 5.41) is 3.52. The number of fused-ring (bicyclic) bond motifs is 2. The molecule has 4 heteroatoms. The summed E-state index contributed by atoms with van der Waals surface area (Å²) >= 11 is 0. The Hall–Kier alpha value is -1.94. The fourth-order valence-electron chi connectivity index (χ4n) is 3.55. The molecule has 1 N–H and O–H groups in total. The van der Waals surface area contributed by atoms with Gasteiger partial charge in [-0.2, -0.15) is 0 Å². The van der Waals surface area contributed by atoms with Crippen LogP contribution in [0.15, 0.2) is 46.3 Å². The van der Waals surface area contributed by atoms with Gasteiger partial charge in [0.15, 0.2) is 0 Å². The number of hydrogen-bond donors (Lipinski definition) is 1. The van der Waals surface area contributed by atoms with Gasteiger partial charge in [0.1, 0.15) is 5.76 Å². The zero-order valence-corrected chi connectivity index (χ0v) is 12.0. The Bertz CT molecular complexity index is 617. The first-order valence-electron chi connectivity index (χ1n) is 7.55. The maximum atomic E-state index is 5.73. The molecule has 0 saturated carbocycles. The molecular formula is C17H20N2O2. The van der Waals surface area contributed by atoms with E-state index in [9.17, 15) is 0 Å². The summed E-state index contributed by atoms with van der Waals surface area (Å²) < 4.78 is 10.9. The normalized spacial score (nSPS) is 25.0. The summed E-state index contributed by atoms with van der Waals surface area (Å²) in [6, 6.07) is 3.99. The Morgan fingerprint density at radius 3 is 2.71 bits per heavy atom. The highest BCUT2D eigenvalue weighted by Crippen LogP contribution is 2.32. The van der Waals surface area contributed by atoms with Crippen LogP contribution >= 0.6 is 0 Å². The van der Waals surface area contributed by atoms with Gasteiger partial charge in [0.2, 0.25) is 0 Å². The number of piperidine rings is 2. The molecule has 2 aliphatic rings. The van der Waals surface area contributed by atoms with Crippen molar-refractivity contribution in [2.45, 2.75) is 6.42 Å². The van der Waals surface area contributed by atoms with Crippen LogP contribution in [0.25, 0.3) is 16.8 Å². The van der Waals surface area contributed by atoms with E-state index in [1.54, 1.807) is 18.8 Å². The van der Waals surface area contributed by atoms with Crippen LogP contribution in [-0.4, -0.2) is 31.1 Å². The molecule has 2 atom stereocenters. The van der Waals surface area contributed by atoms with Crippen LogP contribution in [0.1, 0.15) is 12.2 Å². The second-order valence-corrected chi connectivity index (χ2v) is 6.19. The molecule has 0 radical (unpaired) electrons. The maximum absolute atomic E-state index is 5.73. The van der Waals surface area contributed by atoms with Crippen LogP contribution in [0, 0.1) is 11.8 Å². The van der Waals surface area contributed by atoms with Crippen molar-refractivity contribution in [3.8, 4) is 11.1 Å². The highest BCUT2D eigenvalue weighted by Gasteiger charge is 2.31. The van der Waals surface area contributed by atoms with E-state index in [0.717, 1.165) is 60.6 Å². The van der Waals surface area contributed by atoms with Crippen molar-refractivity contribution >= 4 is 5.70 Å². The number of hydrogen-bond acceptors (Lipinski definition) is 4. The van der Waals surface area contributed by atoms with Gasteiger partial charge in [0.05, 0.1) is 24.5 Å². The quantitative estimate of drug-likeness (QED) is 0.940. The topological polar surface area (TPSA) is 41.6 Å². The summed E-state index contributed by atoms with van der Waals surface area (Å²) in [6.45, 7) is 8.65. The van der Waals surface area contributed by atoms with Crippen LogP contribution in [-0.2, 0) is 0 Å². The monoisotopic (exact) mass is 284 g/mol. The minimum atomic E-state index is 0.734. The Labute approximate surface area is 124 Å². The maximum Gasteiger partial charge on any atom is 0.149 e. The van der Waals surface area contributed by atoms with Gasteiger partial charge in [0.25, 0.3) is 0 Å². The van der Waals surface area contributed by atoms with E-state index in [1.807, 2.05) is 6.07 Å². The fraction of sp³-hybridized carbons (Fsp3) is 0.412. The predicted molar refractivity (Wildman–Crippen MR) is 81.5 cm³/mol. The lowest BCUT2D eigenvalue weighted by Crippen LogP contribution is -2.50. The summed E-state index contributed by atoms with van der Waals surface area (Å²) in [5.74, 6) is 2.33. The molecule has 2 fully saturated rings. The van der Waals surface area contributed by atoms with Gasteiger partial charge in [-0.3, -0.25) is 0 Å². The van der Waals surface area contributed by atoms with E-state index >= 15 is 0 Å². The largest absolute Gasteiger partial charge is 0.472 e. The van der Waals surface area contributed by atoms with Crippen molar-refractivity contribution in [2.24, 2.45) is 11.8 Å². The van der Waals surface area contributed by atoms with Crippen molar-refractivity contribution in [3.05, 3.63) is 43.3 Å². The minimum Gasteiger partial charge on any atom is -0.472 e. The summed E-state index contributed by atoms with van der Waals surface area (Å²) in [6.07, 6.45) is 6.52. The third-order valence-corrected chi connectivity index (χ3v) is 4.61. The SMILES string of the molecule is C=C(c1cc(-c2ccoc2)co1)N1CC2CNCC(C2)C1. The van der Waals surface area contributed by atoms with Crippen molar-refractivity contribution in [2.75, 3.05) is 26.2 Å². The van der Waals surface area contributed by atoms with E-state index in [4.69, 9.17) is 8.83 Å². The minimum absolute atomic E-state index is 0.734. The van der Waals surface area contributed by atoms with Crippen LogP contribution in [0.3, 0.4) is 0 Å². The van der Waals surface area contributed by atoms with Crippen LogP contribution in [0.5, 0.6) is 0 Å². The average Bonchev–Trinajstić information content (AvgIpc) is 3.17. The number of furan rings is 2. The molecule has 2 saturated heterocycles. The Balaban J connectivity index is 1.52. The van der Waals surface area contributed by atoms with Crippen LogP contribution < -0.4 is 5.32 Å².